The van der Waals surface area contributed by atoms with Crippen LogP contribution in [-0.4, -0.2) is 32.5 Å². The van der Waals surface area contributed by atoms with E-state index >= 15 is 0 Å². The van der Waals surface area contributed by atoms with Crippen molar-refractivity contribution in [1.82, 2.24) is 0 Å². The predicted molar refractivity (Wildman–Crippen MR) is 75.1 cm³/mol. The summed E-state index contributed by atoms with van der Waals surface area (Å²) in [4.78, 5) is 11.6. The third-order valence-corrected chi connectivity index (χ3v) is 4.64. The molecule has 0 aliphatic rings. The molecule has 0 radical (unpaired) electrons. The number of nitrogens with two attached hydrogens (primary N) is 1. The Labute approximate surface area is 117 Å². The molecular weight excluding hydrogens is 290 g/mol. The average Bonchev–Trinajstić information content (AvgIpc) is 2.37. The number of nitrogen functional groups attached to an aromatic ring is 1. The molecule has 0 saturated heterocycles. The molecule has 19 heavy (non-hydrogen) atoms. The van der Waals surface area contributed by atoms with Crippen molar-refractivity contribution >= 4 is 33.1 Å². The highest BCUT2D eigenvalue weighted by Gasteiger charge is 2.11. The fourth-order valence-electron chi connectivity index (χ4n) is 1.34. The third-order valence-electron chi connectivity index (χ3n) is 2.50. The Morgan fingerprint density at radius 3 is 2.68 bits per heavy atom. The lowest BCUT2D eigenvalue weighted by Gasteiger charge is -2.06. The van der Waals surface area contributed by atoms with Crippen LogP contribution in [0, 0.1) is 0 Å². The highest BCUT2D eigenvalue weighted by molar-refractivity contribution is 7.91. The number of benzene rings is 1. The van der Waals surface area contributed by atoms with E-state index in [1.807, 2.05) is 0 Å². The maximum atomic E-state index is 11.6. The van der Waals surface area contributed by atoms with E-state index < -0.39 is 15.8 Å². The first-order valence-corrected chi connectivity index (χ1v) is 7.98. The van der Waals surface area contributed by atoms with Crippen molar-refractivity contribution in [3.63, 3.8) is 0 Å². The zero-order valence-corrected chi connectivity index (χ0v) is 12.1. The van der Waals surface area contributed by atoms with Gasteiger partial charge in [-0.2, -0.15) is 0 Å². The lowest BCUT2D eigenvalue weighted by molar-refractivity contribution is 0.0506. The second-order valence-corrected chi connectivity index (χ2v) is 6.84. The van der Waals surface area contributed by atoms with E-state index in [0.717, 1.165) is 0 Å². The quantitative estimate of drug-likeness (QED) is 0.493. The largest absolute Gasteiger partial charge is 0.462 e. The summed E-state index contributed by atoms with van der Waals surface area (Å²) < 4.78 is 27.4. The molecule has 7 heteroatoms. The summed E-state index contributed by atoms with van der Waals surface area (Å²) in [6.45, 7) is 1.64. The predicted octanol–water partition coefficient (Wildman–Crippen LogP) is 1.90. The van der Waals surface area contributed by atoms with E-state index in [1.54, 1.807) is 6.92 Å². The fourth-order valence-corrected chi connectivity index (χ4v) is 2.31. The maximum Gasteiger partial charge on any atom is 0.338 e. The Morgan fingerprint density at radius 2 is 2.11 bits per heavy atom. The van der Waals surface area contributed by atoms with Gasteiger partial charge in [-0.25, -0.2) is 13.2 Å². The van der Waals surface area contributed by atoms with Crippen LogP contribution in [0.1, 0.15) is 23.7 Å². The first-order valence-electron chi connectivity index (χ1n) is 5.78. The number of carbonyl (C=O) groups is 1. The molecule has 1 aromatic rings. The first kappa shape index (κ1) is 15.8. The number of anilines is 1. The van der Waals surface area contributed by atoms with Crippen LogP contribution >= 0.6 is 11.6 Å². The molecule has 0 aromatic heterocycles. The number of esters is 1. The Hall–Kier alpha value is -1.27. The van der Waals surface area contributed by atoms with Gasteiger partial charge in [-0.1, -0.05) is 18.5 Å². The summed E-state index contributed by atoms with van der Waals surface area (Å²) in [6, 6.07) is 4.44. The average molecular weight is 306 g/mol. The zero-order chi connectivity index (χ0) is 14.5. The standard InChI is InChI=1S/C12H16ClNO4S/c1-2-19(16,17)7-3-6-18-12(15)9-4-5-10(13)11(14)8-9/h4-5,8H,2-3,6-7,14H2,1H3. The van der Waals surface area contributed by atoms with E-state index in [9.17, 15) is 13.2 Å². The van der Waals surface area contributed by atoms with Gasteiger partial charge >= 0.3 is 5.97 Å². The van der Waals surface area contributed by atoms with E-state index in [2.05, 4.69) is 0 Å². The van der Waals surface area contributed by atoms with Crippen molar-refractivity contribution in [2.24, 2.45) is 0 Å². The molecule has 0 fully saturated rings. The van der Waals surface area contributed by atoms with Crippen molar-refractivity contribution in [2.75, 3.05) is 23.8 Å². The van der Waals surface area contributed by atoms with E-state index in [0.29, 0.717) is 16.3 Å². The van der Waals surface area contributed by atoms with Crippen LogP contribution in [0.2, 0.25) is 5.02 Å². The van der Waals surface area contributed by atoms with E-state index in [-0.39, 0.29) is 24.5 Å². The second kappa shape index (κ2) is 6.77. The summed E-state index contributed by atoms with van der Waals surface area (Å²) in [5.41, 5.74) is 6.16. The van der Waals surface area contributed by atoms with Gasteiger partial charge in [-0.15, -0.1) is 0 Å². The molecule has 0 spiro atoms. The van der Waals surface area contributed by atoms with Crippen LogP contribution in [0.25, 0.3) is 0 Å². The first-order chi connectivity index (χ1) is 8.85. The summed E-state index contributed by atoms with van der Waals surface area (Å²) in [6.07, 6.45) is 0.283. The molecule has 0 unspecified atom stereocenters. The van der Waals surface area contributed by atoms with Gasteiger partial charge in [0, 0.05) is 5.75 Å². The van der Waals surface area contributed by atoms with Gasteiger partial charge in [-0.05, 0) is 24.6 Å². The van der Waals surface area contributed by atoms with Gasteiger partial charge in [0.1, 0.15) is 9.84 Å². The number of sulfone groups is 1. The Bertz CT molecular complexity index is 557. The minimum absolute atomic E-state index is 0.0134. The topological polar surface area (TPSA) is 86.5 Å². The molecule has 0 aliphatic carbocycles. The van der Waals surface area contributed by atoms with Gasteiger partial charge < -0.3 is 10.5 Å². The Balaban J connectivity index is 2.46. The zero-order valence-electron chi connectivity index (χ0n) is 10.6. The maximum absolute atomic E-state index is 11.6. The van der Waals surface area contributed by atoms with Crippen molar-refractivity contribution < 1.29 is 17.9 Å². The van der Waals surface area contributed by atoms with E-state index in [4.69, 9.17) is 22.1 Å². The molecule has 0 atom stereocenters. The molecule has 106 valence electrons. The van der Waals surface area contributed by atoms with Gasteiger partial charge in [0.15, 0.2) is 0 Å². The molecule has 0 bridgehead atoms. The van der Waals surface area contributed by atoms with Gasteiger partial charge in [-0.3, -0.25) is 0 Å². The Kier molecular flexibility index (Phi) is 5.62. The molecule has 1 rings (SSSR count). The van der Waals surface area contributed by atoms with Crippen LogP contribution in [0.4, 0.5) is 5.69 Å². The summed E-state index contributed by atoms with van der Waals surface area (Å²) in [5.74, 6) is -0.439. The van der Waals surface area contributed by atoms with Crippen LogP contribution in [0.15, 0.2) is 18.2 Å². The summed E-state index contributed by atoms with van der Waals surface area (Å²) in [7, 11) is -3.02. The summed E-state index contributed by atoms with van der Waals surface area (Å²) >= 11 is 5.73. The number of carbonyl (C=O) groups excluding carboxylic acids is 1. The summed E-state index contributed by atoms with van der Waals surface area (Å²) in [5, 5.41) is 0.366. The van der Waals surface area contributed by atoms with Crippen molar-refractivity contribution in [3.05, 3.63) is 28.8 Å². The molecule has 0 heterocycles. The SMILES string of the molecule is CCS(=O)(=O)CCCOC(=O)c1ccc(Cl)c(N)c1. The lowest BCUT2D eigenvalue weighted by atomic mass is 10.2. The number of halogens is 1. The normalized spacial score (nSPS) is 11.3. The molecule has 0 amide bonds. The number of hydrogen-bond donors (Lipinski definition) is 1. The minimum Gasteiger partial charge on any atom is -0.462 e. The lowest BCUT2D eigenvalue weighted by Crippen LogP contribution is -2.13. The second-order valence-electron chi connectivity index (χ2n) is 3.96. The van der Waals surface area contributed by atoms with Crippen LogP contribution < -0.4 is 5.73 Å². The fraction of sp³-hybridized carbons (Fsp3) is 0.417. The molecule has 0 aliphatic heterocycles. The van der Waals surface area contributed by atoms with Crippen molar-refractivity contribution in [1.29, 1.82) is 0 Å². The number of hydrogen-bond acceptors (Lipinski definition) is 5. The minimum atomic E-state index is -3.02. The van der Waals surface area contributed by atoms with Gasteiger partial charge in [0.2, 0.25) is 0 Å². The van der Waals surface area contributed by atoms with Gasteiger partial charge in [0.05, 0.1) is 28.6 Å². The highest BCUT2D eigenvalue weighted by atomic mass is 35.5. The van der Waals surface area contributed by atoms with Crippen LogP contribution in [0.3, 0.4) is 0 Å². The van der Waals surface area contributed by atoms with Crippen molar-refractivity contribution in [2.45, 2.75) is 13.3 Å². The smallest absolute Gasteiger partial charge is 0.338 e. The monoisotopic (exact) mass is 305 g/mol. The Morgan fingerprint density at radius 1 is 1.42 bits per heavy atom. The van der Waals surface area contributed by atoms with Crippen molar-refractivity contribution in [3.8, 4) is 0 Å². The van der Waals surface area contributed by atoms with E-state index in [1.165, 1.54) is 18.2 Å². The van der Waals surface area contributed by atoms with Crippen LogP contribution in [-0.2, 0) is 14.6 Å². The highest BCUT2D eigenvalue weighted by Crippen LogP contribution is 2.19. The third kappa shape index (κ3) is 5.08. The van der Waals surface area contributed by atoms with Crippen LogP contribution in [0.5, 0.6) is 0 Å². The number of rotatable bonds is 6. The molecule has 5 nitrogen and oxygen atoms in total. The molecular formula is C12H16ClNO4S. The number of ether oxygens (including phenoxy) is 1. The molecule has 2 N–H and O–H groups in total. The molecule has 0 saturated carbocycles. The van der Waals surface area contributed by atoms with Gasteiger partial charge in [0.25, 0.3) is 0 Å². The molecule has 1 aromatic carbocycles.